The Balaban J connectivity index is 1.41. The van der Waals surface area contributed by atoms with Crippen LogP contribution in [0.15, 0.2) is 54.6 Å². The highest BCUT2D eigenvalue weighted by molar-refractivity contribution is 5.96. The zero-order valence-corrected chi connectivity index (χ0v) is 14.3. The molecule has 3 amide bonds. The van der Waals surface area contributed by atoms with Gasteiger partial charge in [-0.2, -0.15) is 0 Å². The molecule has 3 N–H and O–H groups in total. The van der Waals surface area contributed by atoms with Crippen LogP contribution in [0, 0.1) is 5.92 Å². The predicted octanol–water partition coefficient (Wildman–Crippen LogP) is 2.33. The van der Waals surface area contributed by atoms with Crippen LogP contribution >= 0.6 is 0 Å². The molecule has 134 valence electrons. The lowest BCUT2D eigenvalue weighted by Gasteiger charge is -2.09. The van der Waals surface area contributed by atoms with Crippen LogP contribution in [0.4, 0.5) is 11.4 Å². The van der Waals surface area contributed by atoms with Gasteiger partial charge in [0.1, 0.15) is 0 Å². The van der Waals surface area contributed by atoms with Gasteiger partial charge in [0.25, 0.3) is 0 Å². The monoisotopic (exact) mass is 351 g/mol. The molecule has 3 rings (SSSR count). The summed E-state index contributed by atoms with van der Waals surface area (Å²) in [7, 11) is 0. The minimum absolute atomic E-state index is 0.0444. The molecule has 2 aromatic carbocycles. The number of benzene rings is 2. The second kappa shape index (κ2) is 8.29. The Morgan fingerprint density at radius 3 is 2.04 bits per heavy atom. The van der Waals surface area contributed by atoms with Crippen LogP contribution < -0.4 is 16.0 Å². The van der Waals surface area contributed by atoms with E-state index in [2.05, 4.69) is 16.0 Å². The first kappa shape index (κ1) is 17.7. The van der Waals surface area contributed by atoms with Crippen LogP contribution in [-0.4, -0.2) is 24.3 Å². The van der Waals surface area contributed by atoms with E-state index in [1.807, 2.05) is 30.3 Å². The summed E-state index contributed by atoms with van der Waals surface area (Å²) in [5.74, 6) is -0.317. The van der Waals surface area contributed by atoms with Gasteiger partial charge in [-0.15, -0.1) is 0 Å². The van der Waals surface area contributed by atoms with Crippen molar-refractivity contribution in [3.05, 3.63) is 60.2 Å². The Morgan fingerprint density at radius 1 is 0.808 bits per heavy atom. The van der Waals surface area contributed by atoms with Crippen molar-refractivity contribution in [2.24, 2.45) is 5.92 Å². The first-order valence-electron chi connectivity index (χ1n) is 8.61. The summed E-state index contributed by atoms with van der Waals surface area (Å²) in [5.41, 5.74) is 2.21. The van der Waals surface area contributed by atoms with Crippen LogP contribution in [0.25, 0.3) is 0 Å². The van der Waals surface area contributed by atoms with Crippen molar-refractivity contribution in [1.82, 2.24) is 5.32 Å². The molecule has 26 heavy (non-hydrogen) atoms. The third-order valence-corrected chi connectivity index (χ3v) is 4.04. The van der Waals surface area contributed by atoms with Crippen LogP contribution in [0.2, 0.25) is 0 Å². The number of nitrogens with one attached hydrogen (secondary N) is 3. The summed E-state index contributed by atoms with van der Waals surface area (Å²) in [6.45, 7) is -0.0914. The Bertz CT molecular complexity index is 784. The molecule has 0 aliphatic heterocycles. The van der Waals surface area contributed by atoms with Gasteiger partial charge >= 0.3 is 0 Å². The van der Waals surface area contributed by atoms with Gasteiger partial charge in [0.2, 0.25) is 17.7 Å². The highest BCUT2D eigenvalue weighted by atomic mass is 16.2. The normalized spacial score (nSPS) is 12.9. The van der Waals surface area contributed by atoms with Gasteiger partial charge in [0.05, 0.1) is 13.0 Å². The van der Waals surface area contributed by atoms with E-state index in [4.69, 9.17) is 0 Å². The highest BCUT2D eigenvalue weighted by Gasteiger charge is 2.29. The van der Waals surface area contributed by atoms with Crippen LogP contribution in [0.1, 0.15) is 18.4 Å². The van der Waals surface area contributed by atoms with Crippen molar-refractivity contribution >= 4 is 29.1 Å². The van der Waals surface area contributed by atoms with Crippen LogP contribution in [0.5, 0.6) is 0 Å². The molecule has 0 spiro atoms. The summed E-state index contributed by atoms with van der Waals surface area (Å²) in [6, 6.07) is 16.3. The maximum atomic E-state index is 11.9. The number of hydrogen-bond acceptors (Lipinski definition) is 3. The Morgan fingerprint density at radius 2 is 1.42 bits per heavy atom. The largest absolute Gasteiger partial charge is 0.347 e. The van der Waals surface area contributed by atoms with Crippen LogP contribution in [0.3, 0.4) is 0 Å². The molecule has 2 aromatic rings. The molecular formula is C20H21N3O3. The van der Waals surface area contributed by atoms with E-state index in [1.165, 1.54) is 0 Å². The summed E-state index contributed by atoms with van der Waals surface area (Å²) >= 11 is 0. The molecule has 1 aliphatic carbocycles. The van der Waals surface area contributed by atoms with Gasteiger partial charge in [-0.25, -0.2) is 0 Å². The van der Waals surface area contributed by atoms with Crippen molar-refractivity contribution in [3.8, 4) is 0 Å². The predicted molar refractivity (Wildman–Crippen MR) is 99.6 cm³/mol. The smallest absolute Gasteiger partial charge is 0.243 e. The number of carbonyl (C=O) groups excluding carboxylic acids is 3. The molecular weight excluding hydrogens is 330 g/mol. The maximum absolute atomic E-state index is 11.9. The molecule has 0 unspecified atom stereocenters. The van der Waals surface area contributed by atoms with Gasteiger partial charge in [0.15, 0.2) is 0 Å². The minimum atomic E-state index is -0.304. The molecule has 6 nitrogen and oxygen atoms in total. The number of amides is 3. The lowest BCUT2D eigenvalue weighted by Crippen LogP contribution is -2.33. The summed E-state index contributed by atoms with van der Waals surface area (Å²) in [4.78, 5) is 35.5. The minimum Gasteiger partial charge on any atom is -0.347 e. The Kier molecular flexibility index (Phi) is 5.63. The molecule has 0 radical (unpaired) electrons. The summed E-state index contributed by atoms with van der Waals surface area (Å²) in [6.07, 6.45) is 2.15. The Hall–Kier alpha value is -3.15. The highest BCUT2D eigenvalue weighted by Crippen LogP contribution is 2.30. The van der Waals surface area contributed by atoms with Crippen molar-refractivity contribution in [2.75, 3.05) is 17.2 Å². The maximum Gasteiger partial charge on any atom is 0.243 e. The summed E-state index contributed by atoms with van der Waals surface area (Å²) < 4.78 is 0. The van der Waals surface area contributed by atoms with E-state index in [-0.39, 0.29) is 36.6 Å². The van der Waals surface area contributed by atoms with E-state index in [1.54, 1.807) is 24.3 Å². The molecule has 0 saturated heterocycles. The fraction of sp³-hybridized carbons (Fsp3) is 0.250. The zero-order chi connectivity index (χ0) is 18.4. The first-order valence-corrected chi connectivity index (χ1v) is 8.61. The second-order valence-corrected chi connectivity index (χ2v) is 6.33. The molecule has 0 aromatic heterocycles. The van der Waals surface area contributed by atoms with Gasteiger partial charge in [-0.05, 0) is 42.7 Å². The first-order chi connectivity index (χ1) is 12.6. The fourth-order valence-electron chi connectivity index (χ4n) is 2.45. The van der Waals surface area contributed by atoms with Crippen molar-refractivity contribution < 1.29 is 14.4 Å². The zero-order valence-electron chi connectivity index (χ0n) is 14.3. The fourth-order valence-corrected chi connectivity index (χ4v) is 2.45. The van der Waals surface area contributed by atoms with Crippen molar-refractivity contribution in [2.45, 2.75) is 19.3 Å². The van der Waals surface area contributed by atoms with Gasteiger partial charge in [-0.3, -0.25) is 14.4 Å². The molecule has 0 bridgehead atoms. The number of rotatable bonds is 7. The van der Waals surface area contributed by atoms with Crippen molar-refractivity contribution in [3.63, 3.8) is 0 Å². The lowest BCUT2D eigenvalue weighted by atomic mass is 10.1. The second-order valence-electron chi connectivity index (χ2n) is 6.33. The van der Waals surface area contributed by atoms with Gasteiger partial charge in [-0.1, -0.05) is 30.3 Å². The number of anilines is 2. The number of carbonyl (C=O) groups is 3. The molecule has 0 heterocycles. The SMILES string of the molecule is O=C(Cc1ccccc1)NCC(=O)Nc1ccc(NC(=O)C2CC2)cc1. The van der Waals surface area contributed by atoms with E-state index in [0.29, 0.717) is 11.4 Å². The van der Waals surface area contributed by atoms with E-state index < -0.39 is 0 Å². The average Bonchev–Trinajstić information content (AvgIpc) is 3.48. The van der Waals surface area contributed by atoms with Gasteiger partial charge < -0.3 is 16.0 Å². The standard InChI is InChI=1S/C20H21N3O3/c24-18(12-14-4-2-1-3-5-14)21-13-19(25)22-16-8-10-17(11-9-16)23-20(26)15-6-7-15/h1-5,8-11,15H,6-7,12-13H2,(H,21,24)(H,22,25)(H,23,26). The van der Waals surface area contributed by atoms with E-state index >= 15 is 0 Å². The van der Waals surface area contributed by atoms with E-state index in [0.717, 1.165) is 18.4 Å². The van der Waals surface area contributed by atoms with Crippen molar-refractivity contribution in [1.29, 1.82) is 0 Å². The summed E-state index contributed by atoms with van der Waals surface area (Å²) in [5, 5.41) is 8.15. The molecule has 0 atom stereocenters. The third kappa shape index (κ3) is 5.44. The molecule has 1 aliphatic rings. The molecule has 6 heteroatoms. The number of hydrogen-bond donors (Lipinski definition) is 3. The molecule has 1 fully saturated rings. The average molecular weight is 351 g/mol. The Labute approximate surface area is 152 Å². The third-order valence-electron chi connectivity index (χ3n) is 4.04. The van der Waals surface area contributed by atoms with Crippen LogP contribution in [-0.2, 0) is 20.8 Å². The van der Waals surface area contributed by atoms with E-state index in [9.17, 15) is 14.4 Å². The topological polar surface area (TPSA) is 87.3 Å². The lowest BCUT2D eigenvalue weighted by molar-refractivity contribution is -0.123. The quantitative estimate of drug-likeness (QED) is 0.715. The van der Waals surface area contributed by atoms with Gasteiger partial charge in [0, 0.05) is 17.3 Å². The molecule has 1 saturated carbocycles.